The van der Waals surface area contributed by atoms with Gasteiger partial charge in [-0.3, -0.25) is 23.7 Å². The molecule has 2 heterocycles. The van der Waals surface area contributed by atoms with Gasteiger partial charge < -0.3 is 19.1 Å². The van der Waals surface area contributed by atoms with Crippen molar-refractivity contribution in [2.24, 2.45) is 0 Å². The van der Waals surface area contributed by atoms with Crippen LogP contribution >= 0.6 is 7.75 Å². The standard InChI is InChI=1S/C26H28F2N3O9P/c1-16(23(34)37-14-17-8-10-18(27)11-9-17)30-41(36,40-19-6-4-3-5-7-19)38-15-20-22(33)26(2,28)24(39-20)31-13-12-21(32)29-25(31)35/h3-13,16,20,22,24,33H,14-15H2,1-2H3,(H,30,36)(H,29,32,35)/t16-,20+,22+,24+,26+,41?/m0/s1. The summed E-state index contributed by atoms with van der Waals surface area (Å²) >= 11 is 0. The molecule has 12 nitrogen and oxygen atoms in total. The fourth-order valence-corrected chi connectivity index (χ4v) is 5.50. The molecule has 4 rings (SSSR count). The number of aromatic nitrogens is 2. The summed E-state index contributed by atoms with van der Waals surface area (Å²) in [6, 6.07) is 12.9. The zero-order valence-electron chi connectivity index (χ0n) is 21.9. The van der Waals surface area contributed by atoms with Crippen molar-refractivity contribution in [1.82, 2.24) is 14.6 Å². The SMILES string of the molecule is C[C@H](NP(=O)(OC[C@H]1O[C@@H](n2ccc(=O)[nH]c2=O)[C@](C)(F)[C@@H]1O)Oc1ccccc1)C(=O)OCc1ccc(F)cc1. The van der Waals surface area contributed by atoms with Gasteiger partial charge in [-0.15, -0.1) is 0 Å². The highest BCUT2D eigenvalue weighted by Crippen LogP contribution is 2.47. The van der Waals surface area contributed by atoms with Crippen LogP contribution in [0.2, 0.25) is 0 Å². The highest BCUT2D eigenvalue weighted by molar-refractivity contribution is 7.52. The van der Waals surface area contributed by atoms with E-state index in [1.807, 2.05) is 4.98 Å². The maximum atomic E-state index is 15.5. The number of rotatable bonds is 11. The number of para-hydroxylation sites is 1. The number of esters is 1. The van der Waals surface area contributed by atoms with Crippen molar-refractivity contribution >= 4 is 13.7 Å². The van der Waals surface area contributed by atoms with Crippen LogP contribution in [0, 0.1) is 5.82 Å². The molecule has 0 amide bonds. The minimum absolute atomic E-state index is 0.108. The van der Waals surface area contributed by atoms with E-state index >= 15 is 4.39 Å². The van der Waals surface area contributed by atoms with Crippen LogP contribution in [-0.2, 0) is 30.0 Å². The van der Waals surface area contributed by atoms with Gasteiger partial charge >= 0.3 is 19.4 Å². The molecule has 3 aromatic rings. The molecular weight excluding hydrogens is 567 g/mol. The van der Waals surface area contributed by atoms with Crippen LogP contribution in [0.3, 0.4) is 0 Å². The molecule has 15 heteroatoms. The van der Waals surface area contributed by atoms with E-state index in [1.54, 1.807) is 18.2 Å². The topological polar surface area (TPSA) is 158 Å². The molecule has 1 aliphatic heterocycles. The quantitative estimate of drug-likeness (QED) is 0.222. The maximum Gasteiger partial charge on any atom is 0.459 e. The van der Waals surface area contributed by atoms with Crippen molar-refractivity contribution < 1.29 is 41.8 Å². The summed E-state index contributed by atoms with van der Waals surface area (Å²) in [5.74, 6) is -1.18. The van der Waals surface area contributed by atoms with E-state index < -0.39 is 67.5 Å². The molecule has 6 atom stereocenters. The Morgan fingerprint density at radius 2 is 1.88 bits per heavy atom. The molecular formula is C26H28F2N3O9P. The summed E-state index contributed by atoms with van der Waals surface area (Å²) in [4.78, 5) is 38.2. The number of carbonyl (C=O) groups excluding carboxylic acids is 1. The van der Waals surface area contributed by atoms with Crippen molar-refractivity contribution in [3.8, 4) is 5.75 Å². The van der Waals surface area contributed by atoms with Crippen molar-refractivity contribution in [3.05, 3.63) is 99.1 Å². The van der Waals surface area contributed by atoms with Crippen molar-refractivity contribution in [1.29, 1.82) is 0 Å². The fraction of sp³-hybridized carbons (Fsp3) is 0.346. The highest BCUT2D eigenvalue weighted by atomic mass is 31.2. The van der Waals surface area contributed by atoms with Gasteiger partial charge in [0.25, 0.3) is 5.56 Å². The Morgan fingerprint density at radius 3 is 2.54 bits per heavy atom. The number of nitrogens with one attached hydrogen (secondary N) is 2. The van der Waals surface area contributed by atoms with E-state index in [2.05, 4.69) is 5.09 Å². The molecule has 3 N–H and O–H groups in total. The predicted molar refractivity (Wildman–Crippen MR) is 140 cm³/mol. The number of aromatic amines is 1. The number of aliphatic hydroxyl groups is 1. The minimum atomic E-state index is -4.41. The van der Waals surface area contributed by atoms with Crippen molar-refractivity contribution in [3.63, 3.8) is 0 Å². The highest BCUT2D eigenvalue weighted by Gasteiger charge is 2.56. The summed E-state index contributed by atoms with van der Waals surface area (Å²) in [5, 5.41) is 13.1. The summed E-state index contributed by atoms with van der Waals surface area (Å²) in [7, 11) is -4.41. The molecule has 0 aliphatic carbocycles. The second kappa shape index (κ2) is 12.5. The Kier molecular flexibility index (Phi) is 9.20. The molecule has 1 aliphatic rings. The van der Waals surface area contributed by atoms with E-state index in [0.29, 0.717) is 5.56 Å². The third kappa shape index (κ3) is 7.34. The number of aliphatic hydroxyl groups excluding tert-OH is 1. The number of nitrogens with zero attached hydrogens (tertiary/aromatic N) is 1. The smallest absolute Gasteiger partial charge is 0.459 e. The van der Waals surface area contributed by atoms with Crippen molar-refractivity contribution in [2.75, 3.05) is 6.61 Å². The molecule has 1 saturated heterocycles. The molecule has 220 valence electrons. The van der Waals surface area contributed by atoms with Crippen LogP contribution in [0.5, 0.6) is 5.75 Å². The third-order valence-corrected chi connectivity index (χ3v) is 7.84. The largest absolute Gasteiger partial charge is 0.460 e. The van der Waals surface area contributed by atoms with E-state index in [4.69, 9.17) is 18.5 Å². The first kappa shape index (κ1) is 30.3. The van der Waals surface area contributed by atoms with Gasteiger partial charge in [-0.25, -0.2) is 18.1 Å². The zero-order valence-corrected chi connectivity index (χ0v) is 22.8. The molecule has 2 aromatic carbocycles. The number of ether oxygens (including phenoxy) is 2. The molecule has 0 spiro atoms. The van der Waals surface area contributed by atoms with Crippen LogP contribution in [-0.4, -0.2) is 51.2 Å². The lowest BCUT2D eigenvalue weighted by Gasteiger charge is -2.25. The Bertz CT molecular complexity index is 1510. The van der Waals surface area contributed by atoms with Gasteiger partial charge in [0.15, 0.2) is 11.9 Å². The normalized spacial score (nSPS) is 24.4. The average molecular weight is 595 g/mol. The fourth-order valence-electron chi connectivity index (χ4n) is 3.99. The van der Waals surface area contributed by atoms with Crippen LogP contribution in [0.1, 0.15) is 25.6 Å². The number of benzene rings is 2. The number of hydrogen-bond acceptors (Lipinski definition) is 9. The Balaban J connectivity index is 1.47. The Labute approximate surface area is 232 Å². The molecule has 1 aromatic heterocycles. The predicted octanol–water partition coefficient (Wildman–Crippen LogP) is 2.59. The van der Waals surface area contributed by atoms with Gasteiger partial charge in [-0.1, -0.05) is 30.3 Å². The second-order valence-electron chi connectivity index (χ2n) is 9.42. The molecule has 41 heavy (non-hydrogen) atoms. The van der Waals surface area contributed by atoms with Crippen molar-refractivity contribution in [2.45, 2.75) is 50.6 Å². The monoisotopic (exact) mass is 595 g/mol. The average Bonchev–Trinajstić information content (AvgIpc) is 3.15. The van der Waals surface area contributed by atoms with E-state index in [9.17, 15) is 28.4 Å². The molecule has 0 saturated carbocycles. The first-order chi connectivity index (χ1) is 19.4. The van der Waals surface area contributed by atoms with E-state index in [0.717, 1.165) is 23.8 Å². The second-order valence-corrected chi connectivity index (χ2v) is 11.1. The van der Waals surface area contributed by atoms with Gasteiger partial charge in [0.2, 0.25) is 0 Å². The number of halogens is 2. The van der Waals surface area contributed by atoms with E-state index in [-0.39, 0.29) is 12.4 Å². The first-order valence-corrected chi connectivity index (χ1v) is 13.9. The number of hydrogen-bond donors (Lipinski definition) is 3. The van der Waals surface area contributed by atoms with Gasteiger partial charge in [0, 0.05) is 12.3 Å². The summed E-state index contributed by atoms with van der Waals surface area (Å²) in [6.45, 7) is 1.47. The number of carbonyl (C=O) groups is 1. The van der Waals surface area contributed by atoms with Crippen LogP contribution in [0.15, 0.2) is 76.4 Å². The molecule has 0 bridgehead atoms. The molecule has 0 radical (unpaired) electrons. The van der Waals surface area contributed by atoms with Gasteiger partial charge in [0.1, 0.15) is 36.4 Å². The summed E-state index contributed by atoms with van der Waals surface area (Å²) in [5.41, 5.74) is -3.68. The van der Waals surface area contributed by atoms with Crippen LogP contribution in [0.25, 0.3) is 0 Å². The molecule has 1 unspecified atom stereocenters. The Hall–Kier alpha value is -3.68. The van der Waals surface area contributed by atoms with E-state index in [1.165, 1.54) is 43.3 Å². The summed E-state index contributed by atoms with van der Waals surface area (Å²) in [6.07, 6.45) is -3.93. The number of alkyl halides is 1. The minimum Gasteiger partial charge on any atom is -0.460 e. The lowest BCUT2D eigenvalue weighted by atomic mass is 9.98. The van der Waals surface area contributed by atoms with Gasteiger partial charge in [-0.05, 0) is 43.7 Å². The lowest BCUT2D eigenvalue weighted by molar-refractivity contribution is -0.146. The molecule has 1 fully saturated rings. The zero-order chi connectivity index (χ0) is 29.8. The third-order valence-electron chi connectivity index (χ3n) is 6.20. The van der Waals surface area contributed by atoms with Gasteiger partial charge in [-0.2, -0.15) is 5.09 Å². The van der Waals surface area contributed by atoms with Gasteiger partial charge in [0.05, 0.1) is 6.61 Å². The number of H-pyrrole nitrogens is 1. The first-order valence-electron chi connectivity index (χ1n) is 12.4. The van der Waals surface area contributed by atoms with Crippen LogP contribution in [0.4, 0.5) is 8.78 Å². The lowest BCUT2D eigenvalue weighted by Crippen LogP contribution is -2.43. The Morgan fingerprint density at radius 1 is 1.20 bits per heavy atom. The maximum absolute atomic E-state index is 15.5. The summed E-state index contributed by atoms with van der Waals surface area (Å²) < 4.78 is 65.0. The van der Waals surface area contributed by atoms with Crippen LogP contribution < -0.4 is 20.9 Å².